The van der Waals surface area contributed by atoms with Crippen molar-refractivity contribution in [1.82, 2.24) is 9.88 Å². The van der Waals surface area contributed by atoms with E-state index in [0.29, 0.717) is 18.2 Å². The van der Waals surface area contributed by atoms with Crippen molar-refractivity contribution in [2.45, 2.75) is 43.0 Å². The molecule has 5 rings (SSSR count). The van der Waals surface area contributed by atoms with Crippen LogP contribution in [0.3, 0.4) is 0 Å². The number of nitrogens with zero attached hydrogens (tertiary/aromatic N) is 3. The zero-order chi connectivity index (χ0) is 25.5. The number of benzene rings is 2. The molecule has 0 saturated carbocycles. The van der Waals surface area contributed by atoms with E-state index in [9.17, 15) is 8.42 Å². The van der Waals surface area contributed by atoms with Crippen LogP contribution < -0.4 is 9.62 Å². The molecule has 2 saturated heterocycles. The van der Waals surface area contributed by atoms with Gasteiger partial charge in [0.15, 0.2) is 5.13 Å². The molecule has 2 aromatic carbocycles. The van der Waals surface area contributed by atoms with E-state index >= 15 is 4.39 Å². The molecule has 1 N–H and O–H groups in total. The van der Waals surface area contributed by atoms with Gasteiger partial charge in [-0.15, -0.1) is 11.3 Å². The van der Waals surface area contributed by atoms with Crippen LogP contribution in [-0.2, 0) is 16.4 Å². The molecule has 3 heterocycles. The van der Waals surface area contributed by atoms with Gasteiger partial charge in [0.1, 0.15) is 10.7 Å². The molecule has 2 atom stereocenters. The van der Waals surface area contributed by atoms with Gasteiger partial charge in [0.2, 0.25) is 0 Å². The minimum atomic E-state index is -4.13. The van der Waals surface area contributed by atoms with Gasteiger partial charge in [-0.1, -0.05) is 41.4 Å². The fourth-order valence-corrected chi connectivity index (χ4v) is 7.99. The fourth-order valence-electron chi connectivity index (χ4n) is 5.63. The molecule has 10 heteroatoms. The van der Waals surface area contributed by atoms with E-state index in [1.54, 1.807) is 5.38 Å². The van der Waals surface area contributed by atoms with Crippen molar-refractivity contribution < 1.29 is 12.8 Å². The standard InChI is InChI=1S/C26H30ClFN4O2S2/c1-18-4-6-19(7-5-18)12-20-15-26(8-3-10-32(26)16-20)17-30-23-14-22(28)24(13-21(23)27)36(33,34)31(2)25-29-9-11-35-25/h4-7,9,11,13-14,20,30H,3,8,10,12,15-17H2,1-2H3. The summed E-state index contributed by atoms with van der Waals surface area (Å²) in [6.45, 7) is 4.86. The summed E-state index contributed by atoms with van der Waals surface area (Å²) >= 11 is 7.63. The second-order valence-electron chi connectivity index (χ2n) is 9.94. The van der Waals surface area contributed by atoms with Gasteiger partial charge in [0, 0.05) is 37.3 Å². The lowest BCUT2D eigenvalue weighted by Crippen LogP contribution is -2.44. The highest BCUT2D eigenvalue weighted by Gasteiger charge is 2.48. The third-order valence-electron chi connectivity index (χ3n) is 7.49. The molecule has 2 fully saturated rings. The highest BCUT2D eigenvalue weighted by Crippen LogP contribution is 2.43. The monoisotopic (exact) mass is 548 g/mol. The number of fused-ring (bicyclic) bond motifs is 1. The smallest absolute Gasteiger partial charge is 0.268 e. The molecule has 1 aromatic heterocycles. The van der Waals surface area contributed by atoms with Gasteiger partial charge >= 0.3 is 0 Å². The Hall–Kier alpha value is -2.20. The summed E-state index contributed by atoms with van der Waals surface area (Å²) in [6.07, 6.45) is 5.84. The Bertz CT molecular complexity index is 1330. The average Bonchev–Trinajstić information content (AvgIpc) is 3.57. The first kappa shape index (κ1) is 25.4. The van der Waals surface area contributed by atoms with Crippen molar-refractivity contribution in [2.24, 2.45) is 5.92 Å². The summed E-state index contributed by atoms with van der Waals surface area (Å²) in [5.41, 5.74) is 3.04. The molecule has 3 aromatic rings. The highest BCUT2D eigenvalue weighted by molar-refractivity contribution is 7.93. The second kappa shape index (κ2) is 9.93. The number of nitrogens with one attached hydrogen (secondary N) is 1. The number of sulfonamides is 1. The quantitative estimate of drug-likeness (QED) is 0.398. The van der Waals surface area contributed by atoms with Gasteiger partial charge in [-0.3, -0.25) is 4.90 Å². The van der Waals surface area contributed by atoms with Crippen LogP contribution in [0.2, 0.25) is 5.02 Å². The molecular formula is C26H30ClFN4O2S2. The van der Waals surface area contributed by atoms with Gasteiger partial charge in [-0.25, -0.2) is 22.1 Å². The van der Waals surface area contributed by atoms with E-state index in [4.69, 9.17) is 11.6 Å². The zero-order valence-corrected chi connectivity index (χ0v) is 22.8. The summed E-state index contributed by atoms with van der Waals surface area (Å²) in [5.74, 6) is -0.273. The van der Waals surface area contributed by atoms with E-state index in [2.05, 4.69) is 46.4 Å². The molecule has 192 valence electrons. The lowest BCUT2D eigenvalue weighted by molar-refractivity contribution is 0.209. The summed E-state index contributed by atoms with van der Waals surface area (Å²) in [4.78, 5) is 6.11. The van der Waals surface area contributed by atoms with Crippen LogP contribution in [0.15, 0.2) is 52.9 Å². The number of hydrogen-bond donors (Lipinski definition) is 1. The normalized spacial score (nSPS) is 22.1. The molecule has 0 radical (unpaired) electrons. The number of thiazole rings is 1. The van der Waals surface area contributed by atoms with Crippen molar-refractivity contribution >= 4 is 43.8 Å². The zero-order valence-electron chi connectivity index (χ0n) is 20.4. The second-order valence-corrected chi connectivity index (χ2v) is 13.2. The van der Waals surface area contributed by atoms with Crippen molar-refractivity contribution in [3.05, 3.63) is 69.9 Å². The number of hydrogen-bond acceptors (Lipinski definition) is 6. The number of anilines is 2. The molecule has 2 unspecified atom stereocenters. The molecule has 0 bridgehead atoms. The van der Waals surface area contributed by atoms with E-state index < -0.39 is 20.7 Å². The predicted octanol–water partition coefficient (Wildman–Crippen LogP) is 5.58. The largest absolute Gasteiger partial charge is 0.382 e. The lowest BCUT2D eigenvalue weighted by atomic mass is 9.87. The van der Waals surface area contributed by atoms with Crippen LogP contribution in [-0.4, -0.2) is 50.5 Å². The van der Waals surface area contributed by atoms with Gasteiger partial charge in [0.25, 0.3) is 10.0 Å². The first-order valence-corrected chi connectivity index (χ1v) is 14.8. The molecule has 0 spiro atoms. The lowest BCUT2D eigenvalue weighted by Gasteiger charge is -2.33. The summed E-state index contributed by atoms with van der Waals surface area (Å²) in [5, 5.41) is 5.45. The Morgan fingerprint density at radius 3 is 2.81 bits per heavy atom. The predicted molar refractivity (Wildman–Crippen MR) is 144 cm³/mol. The Balaban J connectivity index is 1.30. The summed E-state index contributed by atoms with van der Waals surface area (Å²) < 4.78 is 42.1. The Labute approximate surface area is 221 Å². The van der Waals surface area contributed by atoms with Crippen LogP contribution >= 0.6 is 22.9 Å². The van der Waals surface area contributed by atoms with Crippen LogP contribution in [0, 0.1) is 18.7 Å². The number of halogens is 2. The topological polar surface area (TPSA) is 65.5 Å². The highest BCUT2D eigenvalue weighted by atomic mass is 35.5. The van der Waals surface area contributed by atoms with E-state index in [1.807, 2.05) is 0 Å². The maximum atomic E-state index is 15.1. The van der Waals surface area contributed by atoms with E-state index in [0.717, 1.165) is 54.4 Å². The Kier molecular flexibility index (Phi) is 7.02. The first-order valence-electron chi connectivity index (χ1n) is 12.1. The van der Waals surface area contributed by atoms with Crippen molar-refractivity contribution in [1.29, 1.82) is 0 Å². The number of rotatable bonds is 8. The summed E-state index contributed by atoms with van der Waals surface area (Å²) in [6, 6.07) is 11.1. The number of aromatic nitrogens is 1. The van der Waals surface area contributed by atoms with Gasteiger partial charge < -0.3 is 5.32 Å². The van der Waals surface area contributed by atoms with Gasteiger partial charge in [0.05, 0.1) is 10.7 Å². The van der Waals surface area contributed by atoms with E-state index in [-0.39, 0.29) is 15.7 Å². The van der Waals surface area contributed by atoms with E-state index in [1.165, 1.54) is 36.5 Å². The molecule has 2 aliphatic rings. The van der Waals surface area contributed by atoms with Gasteiger partial charge in [-0.05, 0) is 62.8 Å². The molecular weight excluding hydrogens is 519 g/mol. The third-order valence-corrected chi connectivity index (χ3v) is 10.5. The minimum Gasteiger partial charge on any atom is -0.382 e. The minimum absolute atomic E-state index is 0.00494. The van der Waals surface area contributed by atoms with Crippen LogP contribution in [0.4, 0.5) is 15.2 Å². The maximum absolute atomic E-state index is 15.1. The van der Waals surface area contributed by atoms with Crippen molar-refractivity contribution in [2.75, 3.05) is 36.3 Å². The van der Waals surface area contributed by atoms with Gasteiger partial charge in [-0.2, -0.15) is 0 Å². The van der Waals surface area contributed by atoms with Crippen LogP contribution in [0.1, 0.15) is 30.4 Å². The molecule has 36 heavy (non-hydrogen) atoms. The third kappa shape index (κ3) is 4.86. The molecule has 0 amide bonds. The molecule has 6 nitrogen and oxygen atoms in total. The first-order chi connectivity index (χ1) is 17.2. The van der Waals surface area contributed by atoms with Crippen LogP contribution in [0.25, 0.3) is 0 Å². The SMILES string of the molecule is Cc1ccc(CC2CN3CCCC3(CNc3cc(F)c(S(=O)(=O)N(C)c4nccs4)cc3Cl)C2)cc1. The van der Waals surface area contributed by atoms with Crippen molar-refractivity contribution in [3.63, 3.8) is 0 Å². The average molecular weight is 549 g/mol. The molecule has 2 aliphatic heterocycles. The summed E-state index contributed by atoms with van der Waals surface area (Å²) in [7, 11) is -2.78. The number of aryl methyl sites for hydroxylation is 1. The Morgan fingerprint density at radius 2 is 2.08 bits per heavy atom. The maximum Gasteiger partial charge on any atom is 0.268 e. The van der Waals surface area contributed by atoms with Crippen molar-refractivity contribution in [3.8, 4) is 0 Å². The Morgan fingerprint density at radius 1 is 1.31 bits per heavy atom. The molecule has 0 aliphatic carbocycles. The fraction of sp³-hybridized carbons (Fsp3) is 0.423. The van der Waals surface area contributed by atoms with Crippen LogP contribution in [0.5, 0.6) is 0 Å².